The molecule has 0 saturated heterocycles. The highest BCUT2D eigenvalue weighted by Crippen LogP contribution is 2.43. The monoisotopic (exact) mass is 770 g/mol. The van der Waals surface area contributed by atoms with E-state index >= 15 is 0 Å². The molecule has 53 heavy (non-hydrogen) atoms. The summed E-state index contributed by atoms with van der Waals surface area (Å²) in [7, 11) is -4.39. The van der Waals surface area contributed by atoms with Gasteiger partial charge in [-0.3, -0.25) is 18.6 Å². The molecule has 310 valence electrons. The lowest BCUT2D eigenvalue weighted by atomic mass is 10.0. The summed E-state index contributed by atoms with van der Waals surface area (Å²) in [5.74, 6) is -0.885. The average Bonchev–Trinajstić information content (AvgIpc) is 3.14. The number of phosphoric ester groups is 1. The molecule has 0 aliphatic rings. The number of rotatable bonds is 40. The van der Waals surface area contributed by atoms with Gasteiger partial charge in [0.05, 0.1) is 13.2 Å². The smallest absolute Gasteiger partial charge is 0.462 e. The fourth-order valence-corrected chi connectivity index (χ4v) is 6.59. The van der Waals surface area contributed by atoms with Gasteiger partial charge in [-0.1, -0.05) is 172 Å². The van der Waals surface area contributed by atoms with Crippen molar-refractivity contribution in [1.82, 2.24) is 0 Å². The van der Waals surface area contributed by atoms with E-state index in [2.05, 4.69) is 44.2 Å². The summed E-state index contributed by atoms with van der Waals surface area (Å²) < 4.78 is 32.7. The van der Waals surface area contributed by atoms with Gasteiger partial charge in [-0.25, -0.2) is 4.57 Å². The van der Waals surface area contributed by atoms with Crippen LogP contribution in [0.2, 0.25) is 0 Å². The Morgan fingerprint density at radius 1 is 0.566 bits per heavy atom. The third-order valence-corrected chi connectivity index (χ3v) is 10.0. The highest BCUT2D eigenvalue weighted by Gasteiger charge is 2.25. The molecule has 0 amide bonds. The van der Waals surface area contributed by atoms with E-state index < -0.39 is 32.5 Å². The van der Waals surface area contributed by atoms with E-state index in [1.165, 1.54) is 116 Å². The molecule has 0 aromatic heterocycles. The van der Waals surface area contributed by atoms with Crippen molar-refractivity contribution in [3.63, 3.8) is 0 Å². The molecule has 1 unspecified atom stereocenters. The zero-order valence-electron chi connectivity index (χ0n) is 34.0. The van der Waals surface area contributed by atoms with E-state index in [4.69, 9.17) is 24.3 Å². The molecule has 0 radical (unpaired) electrons. The Balaban J connectivity index is 4.24. The highest BCUT2D eigenvalue weighted by molar-refractivity contribution is 7.47. The van der Waals surface area contributed by atoms with Crippen LogP contribution in [0.3, 0.4) is 0 Å². The number of allylic oxidation sites excluding steroid dienone is 6. The maximum absolute atomic E-state index is 12.5. The van der Waals surface area contributed by atoms with Crippen molar-refractivity contribution in [2.75, 3.05) is 26.4 Å². The van der Waals surface area contributed by atoms with Crippen molar-refractivity contribution in [1.29, 1.82) is 0 Å². The molecule has 3 N–H and O–H groups in total. The number of phosphoric acid groups is 1. The van der Waals surface area contributed by atoms with Gasteiger partial charge < -0.3 is 20.1 Å². The Labute approximate surface area is 324 Å². The van der Waals surface area contributed by atoms with Crippen molar-refractivity contribution in [2.24, 2.45) is 5.73 Å². The van der Waals surface area contributed by atoms with Crippen molar-refractivity contribution in [3.8, 4) is 0 Å². The van der Waals surface area contributed by atoms with Crippen LogP contribution >= 0.6 is 7.82 Å². The first kappa shape index (κ1) is 51.2. The fraction of sp³-hybridized carbons (Fsp3) is 0.814. The Kier molecular flexibility index (Phi) is 38.6. The van der Waals surface area contributed by atoms with Crippen LogP contribution in [0.4, 0.5) is 0 Å². The van der Waals surface area contributed by atoms with Crippen molar-refractivity contribution < 1.29 is 37.6 Å². The third kappa shape index (κ3) is 39.7. The first-order valence-electron chi connectivity index (χ1n) is 21.5. The summed E-state index contributed by atoms with van der Waals surface area (Å²) >= 11 is 0. The van der Waals surface area contributed by atoms with Crippen LogP contribution in [0.5, 0.6) is 0 Å². The summed E-state index contributed by atoms with van der Waals surface area (Å²) in [5, 5.41) is 0. The molecule has 0 aliphatic heterocycles. The number of hydrogen-bond acceptors (Lipinski definition) is 8. The molecule has 0 heterocycles. The van der Waals surface area contributed by atoms with Crippen LogP contribution in [0.25, 0.3) is 0 Å². The molecule has 0 aromatic rings. The Bertz CT molecular complexity index is 970. The van der Waals surface area contributed by atoms with Crippen LogP contribution in [-0.2, 0) is 32.7 Å². The SMILES string of the molecule is CCCCCCCC/C=C/C/C=C/C/C=C\CCCC(=O)O[C@H](COC(=O)CCCCCCCCCCCCCCCCC)COP(=O)(O)OCCN. The van der Waals surface area contributed by atoms with Crippen molar-refractivity contribution in [3.05, 3.63) is 36.5 Å². The summed E-state index contributed by atoms with van der Waals surface area (Å²) in [6.45, 7) is 3.68. The van der Waals surface area contributed by atoms with E-state index in [0.717, 1.165) is 44.9 Å². The molecule has 0 rings (SSSR count). The number of hydrogen-bond donors (Lipinski definition) is 2. The lowest BCUT2D eigenvalue weighted by Crippen LogP contribution is -2.29. The molecule has 0 aromatic carbocycles. The number of carbonyl (C=O) groups is 2. The van der Waals surface area contributed by atoms with Gasteiger partial charge >= 0.3 is 19.8 Å². The number of esters is 2. The molecule has 0 saturated carbocycles. The second kappa shape index (κ2) is 39.9. The van der Waals surface area contributed by atoms with Gasteiger partial charge in [0.15, 0.2) is 6.10 Å². The fourth-order valence-electron chi connectivity index (χ4n) is 5.83. The predicted molar refractivity (Wildman–Crippen MR) is 220 cm³/mol. The Morgan fingerprint density at radius 2 is 1.00 bits per heavy atom. The summed E-state index contributed by atoms with van der Waals surface area (Å²) in [5.41, 5.74) is 5.34. The molecular formula is C43H80NO8P. The van der Waals surface area contributed by atoms with E-state index in [-0.39, 0.29) is 32.6 Å². The second-order valence-corrected chi connectivity index (χ2v) is 15.7. The summed E-state index contributed by atoms with van der Waals surface area (Å²) in [6, 6.07) is 0. The van der Waals surface area contributed by atoms with Crippen LogP contribution in [0, 0.1) is 0 Å². The van der Waals surface area contributed by atoms with Gasteiger partial charge in [0.25, 0.3) is 0 Å². The lowest BCUT2D eigenvalue weighted by molar-refractivity contribution is -0.161. The molecule has 9 nitrogen and oxygen atoms in total. The standard InChI is InChI=1S/C43H80NO8P/c1-3-5-7-9-11-13-15-17-19-20-22-24-26-28-30-32-34-36-43(46)52-41(40-51-53(47,48)50-38-37-44)39-49-42(45)35-33-31-29-27-25-23-21-18-16-14-12-10-8-6-4-2/h17,19,22,24,28,30,41H,3-16,18,20-21,23,25-27,29,31-40,44H2,1-2H3,(H,47,48)/b19-17+,24-22+,30-28-/t41-/m1/s1. The van der Waals surface area contributed by atoms with Gasteiger partial charge in [-0.15, -0.1) is 0 Å². The van der Waals surface area contributed by atoms with E-state index in [9.17, 15) is 19.0 Å². The van der Waals surface area contributed by atoms with Gasteiger partial charge in [0.2, 0.25) is 0 Å². The molecule has 2 atom stereocenters. The molecule has 0 fully saturated rings. The van der Waals surface area contributed by atoms with Gasteiger partial charge in [0.1, 0.15) is 6.61 Å². The van der Waals surface area contributed by atoms with Crippen LogP contribution in [0.15, 0.2) is 36.5 Å². The minimum absolute atomic E-state index is 0.0463. The Morgan fingerprint density at radius 3 is 1.51 bits per heavy atom. The van der Waals surface area contributed by atoms with Gasteiger partial charge in [-0.2, -0.15) is 0 Å². The summed E-state index contributed by atoms with van der Waals surface area (Å²) in [4.78, 5) is 34.8. The normalized spacial score (nSPS) is 13.7. The van der Waals surface area contributed by atoms with Crippen LogP contribution < -0.4 is 5.73 Å². The highest BCUT2D eigenvalue weighted by atomic mass is 31.2. The van der Waals surface area contributed by atoms with Gasteiger partial charge in [0, 0.05) is 19.4 Å². The number of carbonyl (C=O) groups excluding carboxylic acids is 2. The number of ether oxygens (including phenoxy) is 2. The maximum Gasteiger partial charge on any atom is 0.472 e. The zero-order valence-corrected chi connectivity index (χ0v) is 34.9. The van der Waals surface area contributed by atoms with E-state index in [0.29, 0.717) is 6.42 Å². The first-order valence-corrected chi connectivity index (χ1v) is 23.0. The number of unbranched alkanes of at least 4 members (excludes halogenated alkanes) is 21. The quantitative estimate of drug-likeness (QED) is 0.0270. The largest absolute Gasteiger partial charge is 0.472 e. The molecule has 10 heteroatoms. The maximum atomic E-state index is 12.5. The minimum Gasteiger partial charge on any atom is -0.462 e. The minimum atomic E-state index is -4.39. The molecule has 0 aliphatic carbocycles. The van der Waals surface area contributed by atoms with E-state index in [1.807, 2.05) is 6.08 Å². The summed E-state index contributed by atoms with van der Waals surface area (Å²) in [6.07, 6.45) is 43.2. The van der Waals surface area contributed by atoms with Crippen molar-refractivity contribution >= 4 is 19.8 Å². The third-order valence-electron chi connectivity index (χ3n) is 9.03. The average molecular weight is 770 g/mol. The first-order chi connectivity index (χ1) is 25.8. The lowest BCUT2D eigenvalue weighted by Gasteiger charge is -2.19. The van der Waals surface area contributed by atoms with Crippen molar-refractivity contribution in [2.45, 2.75) is 200 Å². The Hall–Kier alpha value is -1.77. The second-order valence-electron chi connectivity index (χ2n) is 14.2. The van der Waals surface area contributed by atoms with Crippen LogP contribution in [-0.4, -0.2) is 49.3 Å². The molecule has 0 bridgehead atoms. The van der Waals surface area contributed by atoms with Gasteiger partial charge in [-0.05, 0) is 44.9 Å². The topological polar surface area (TPSA) is 134 Å². The predicted octanol–water partition coefficient (Wildman–Crippen LogP) is 12.2. The number of nitrogens with two attached hydrogens (primary N) is 1. The zero-order chi connectivity index (χ0) is 38.9. The molecular weight excluding hydrogens is 689 g/mol. The molecule has 0 spiro atoms. The van der Waals surface area contributed by atoms with Crippen LogP contribution in [0.1, 0.15) is 194 Å². The van der Waals surface area contributed by atoms with E-state index in [1.54, 1.807) is 0 Å².